The van der Waals surface area contributed by atoms with Crippen LogP contribution in [-0.4, -0.2) is 14.2 Å². The smallest absolute Gasteiger partial charge is 0.212 e. The Hall–Kier alpha value is -0.800. The van der Waals surface area contributed by atoms with Gasteiger partial charge in [-0.1, -0.05) is 42.0 Å². The lowest BCUT2D eigenvalue weighted by Gasteiger charge is -2.03. The molecule has 0 saturated carbocycles. The monoisotopic (exact) mass is 244 g/mol. The van der Waals surface area contributed by atoms with Crippen LogP contribution >= 0.6 is 10.7 Å². The summed E-state index contributed by atoms with van der Waals surface area (Å²) in [6.45, 7) is 5.70. The molecule has 4 heteroatoms. The van der Waals surface area contributed by atoms with Crippen LogP contribution < -0.4 is 0 Å². The summed E-state index contributed by atoms with van der Waals surface area (Å²) in [5, 5.41) is 0. The first kappa shape index (κ1) is 12.3. The first-order valence-electron chi connectivity index (χ1n) is 4.51. The Morgan fingerprint density at radius 2 is 1.87 bits per heavy atom. The van der Waals surface area contributed by atoms with Gasteiger partial charge in [-0.2, -0.15) is 0 Å². The van der Waals surface area contributed by atoms with E-state index in [0.717, 1.165) is 5.56 Å². The highest BCUT2D eigenvalue weighted by atomic mass is 35.7. The molecule has 1 aromatic rings. The van der Waals surface area contributed by atoms with Crippen molar-refractivity contribution >= 4 is 19.7 Å². The molecule has 2 nitrogen and oxygen atoms in total. The standard InChI is InChI=1S/C11H13ClO2S/c1-9-3-5-11(6-4-9)7-10(2)8-15(12,13)14/h3-6H,2,7-8H2,1H3. The Kier molecular flexibility index (Phi) is 3.94. The molecule has 0 amide bonds. The van der Waals surface area contributed by atoms with Crippen LogP contribution in [0.4, 0.5) is 0 Å². The first-order chi connectivity index (χ1) is 6.87. The number of benzene rings is 1. The molecular formula is C11H13ClO2S. The van der Waals surface area contributed by atoms with Crippen LogP contribution in [0.25, 0.3) is 0 Å². The topological polar surface area (TPSA) is 34.1 Å². The fourth-order valence-electron chi connectivity index (χ4n) is 1.29. The van der Waals surface area contributed by atoms with Crippen LogP contribution in [0.3, 0.4) is 0 Å². The highest BCUT2D eigenvalue weighted by Crippen LogP contribution is 2.11. The van der Waals surface area contributed by atoms with Crippen LogP contribution in [0.1, 0.15) is 11.1 Å². The quantitative estimate of drug-likeness (QED) is 0.603. The van der Waals surface area contributed by atoms with E-state index >= 15 is 0 Å². The highest BCUT2D eigenvalue weighted by Gasteiger charge is 2.08. The second-order valence-corrected chi connectivity index (χ2v) is 6.37. The second kappa shape index (κ2) is 4.81. The number of hydrogen-bond donors (Lipinski definition) is 0. The molecule has 1 rings (SSSR count). The Bertz CT molecular complexity index is 446. The van der Waals surface area contributed by atoms with E-state index in [9.17, 15) is 8.42 Å². The summed E-state index contributed by atoms with van der Waals surface area (Å²) < 4.78 is 21.6. The van der Waals surface area contributed by atoms with Gasteiger partial charge >= 0.3 is 0 Å². The van der Waals surface area contributed by atoms with Crippen LogP contribution in [0.2, 0.25) is 0 Å². The summed E-state index contributed by atoms with van der Waals surface area (Å²) in [6.07, 6.45) is 0.548. The summed E-state index contributed by atoms with van der Waals surface area (Å²) in [4.78, 5) is 0. The minimum Gasteiger partial charge on any atom is -0.212 e. The van der Waals surface area contributed by atoms with Gasteiger partial charge < -0.3 is 0 Å². The fraction of sp³-hybridized carbons (Fsp3) is 0.273. The van der Waals surface area contributed by atoms with Gasteiger partial charge in [0.25, 0.3) is 0 Å². The number of aryl methyl sites for hydroxylation is 1. The lowest BCUT2D eigenvalue weighted by molar-refractivity contribution is 0.611. The van der Waals surface area contributed by atoms with Gasteiger partial charge in [0.2, 0.25) is 9.05 Å². The normalized spacial score (nSPS) is 11.3. The third kappa shape index (κ3) is 5.00. The molecular weight excluding hydrogens is 232 g/mol. The predicted molar refractivity (Wildman–Crippen MR) is 63.7 cm³/mol. The molecule has 1 aromatic carbocycles. The van der Waals surface area contributed by atoms with Crippen LogP contribution in [-0.2, 0) is 15.5 Å². The molecule has 0 aliphatic rings. The highest BCUT2D eigenvalue weighted by molar-refractivity contribution is 8.13. The van der Waals surface area contributed by atoms with E-state index in [0.29, 0.717) is 12.0 Å². The lowest BCUT2D eigenvalue weighted by atomic mass is 10.1. The average molecular weight is 245 g/mol. The van der Waals surface area contributed by atoms with E-state index in [1.54, 1.807) is 0 Å². The van der Waals surface area contributed by atoms with Crippen molar-refractivity contribution in [3.05, 3.63) is 47.5 Å². The van der Waals surface area contributed by atoms with Crippen molar-refractivity contribution in [2.24, 2.45) is 0 Å². The summed E-state index contributed by atoms with van der Waals surface area (Å²) >= 11 is 0. The molecule has 82 valence electrons. The second-order valence-electron chi connectivity index (χ2n) is 3.60. The molecule has 0 bridgehead atoms. The van der Waals surface area contributed by atoms with Gasteiger partial charge in [-0.3, -0.25) is 0 Å². The Morgan fingerprint density at radius 3 is 2.33 bits per heavy atom. The average Bonchev–Trinajstić information content (AvgIpc) is 2.05. The Labute approximate surface area is 95.0 Å². The van der Waals surface area contributed by atoms with Gasteiger partial charge in [0.15, 0.2) is 0 Å². The molecule has 0 fully saturated rings. The van der Waals surface area contributed by atoms with Crippen molar-refractivity contribution in [1.82, 2.24) is 0 Å². The van der Waals surface area contributed by atoms with E-state index in [1.165, 1.54) is 5.56 Å². The van der Waals surface area contributed by atoms with Crippen LogP contribution in [0.15, 0.2) is 36.4 Å². The number of hydrogen-bond acceptors (Lipinski definition) is 2. The molecule has 0 atom stereocenters. The van der Waals surface area contributed by atoms with Crippen molar-refractivity contribution < 1.29 is 8.42 Å². The maximum absolute atomic E-state index is 10.8. The summed E-state index contributed by atoms with van der Waals surface area (Å²) in [7, 11) is 1.65. The van der Waals surface area contributed by atoms with Gasteiger partial charge in [-0.05, 0) is 18.9 Å². The van der Waals surface area contributed by atoms with Crippen molar-refractivity contribution in [3.8, 4) is 0 Å². The van der Waals surface area contributed by atoms with Gasteiger partial charge in [-0.15, -0.1) is 0 Å². The van der Waals surface area contributed by atoms with Crippen molar-refractivity contribution in [2.45, 2.75) is 13.3 Å². The van der Waals surface area contributed by atoms with E-state index in [-0.39, 0.29) is 5.75 Å². The van der Waals surface area contributed by atoms with Crippen molar-refractivity contribution in [2.75, 3.05) is 5.75 Å². The van der Waals surface area contributed by atoms with E-state index < -0.39 is 9.05 Å². The van der Waals surface area contributed by atoms with Gasteiger partial charge in [0.05, 0.1) is 5.75 Å². The molecule has 0 heterocycles. The van der Waals surface area contributed by atoms with Gasteiger partial charge in [0, 0.05) is 10.7 Å². The molecule has 0 aliphatic carbocycles. The van der Waals surface area contributed by atoms with Gasteiger partial charge in [-0.25, -0.2) is 8.42 Å². The minimum atomic E-state index is -3.48. The zero-order chi connectivity index (χ0) is 11.5. The molecule has 0 N–H and O–H groups in total. The Balaban J connectivity index is 2.63. The summed E-state index contributed by atoms with van der Waals surface area (Å²) in [5.41, 5.74) is 2.83. The molecule has 0 radical (unpaired) electrons. The van der Waals surface area contributed by atoms with E-state index in [4.69, 9.17) is 10.7 Å². The minimum absolute atomic E-state index is 0.164. The zero-order valence-electron chi connectivity index (χ0n) is 8.53. The molecule has 0 aliphatic heterocycles. The van der Waals surface area contributed by atoms with Crippen LogP contribution in [0, 0.1) is 6.92 Å². The number of rotatable bonds is 4. The van der Waals surface area contributed by atoms with Crippen molar-refractivity contribution in [1.29, 1.82) is 0 Å². The molecule has 0 unspecified atom stereocenters. The number of halogens is 1. The SMILES string of the molecule is C=C(Cc1ccc(C)cc1)CS(=O)(=O)Cl. The first-order valence-corrected chi connectivity index (χ1v) is 6.99. The largest absolute Gasteiger partial charge is 0.236 e. The fourth-order valence-corrected chi connectivity index (χ4v) is 2.34. The Morgan fingerprint density at radius 1 is 1.33 bits per heavy atom. The zero-order valence-corrected chi connectivity index (χ0v) is 10.1. The van der Waals surface area contributed by atoms with E-state index in [2.05, 4.69) is 6.58 Å². The maximum atomic E-state index is 10.8. The molecule has 0 aromatic heterocycles. The third-order valence-electron chi connectivity index (χ3n) is 1.95. The van der Waals surface area contributed by atoms with Crippen molar-refractivity contribution in [3.63, 3.8) is 0 Å². The predicted octanol–water partition coefficient (Wildman–Crippen LogP) is 2.66. The van der Waals surface area contributed by atoms with Gasteiger partial charge in [0.1, 0.15) is 0 Å². The third-order valence-corrected chi connectivity index (χ3v) is 3.03. The summed E-state index contributed by atoms with van der Waals surface area (Å²) in [6, 6.07) is 7.89. The maximum Gasteiger partial charge on any atom is 0.236 e. The van der Waals surface area contributed by atoms with E-state index in [1.807, 2.05) is 31.2 Å². The molecule has 15 heavy (non-hydrogen) atoms. The summed E-state index contributed by atoms with van der Waals surface area (Å²) in [5.74, 6) is -0.164. The van der Waals surface area contributed by atoms with Crippen LogP contribution in [0.5, 0.6) is 0 Å². The molecule has 0 spiro atoms. The lowest BCUT2D eigenvalue weighted by Crippen LogP contribution is -2.02. The molecule has 0 saturated heterocycles.